The molecule has 1 saturated heterocycles. The lowest BCUT2D eigenvalue weighted by Crippen LogP contribution is -2.46. The normalized spacial score (nSPS) is 18.2. The van der Waals surface area contributed by atoms with Gasteiger partial charge in [0.15, 0.2) is 27.4 Å². The molecule has 0 bridgehead atoms. The number of hydrogen-bond donors (Lipinski definition) is 0. The van der Waals surface area contributed by atoms with Crippen molar-refractivity contribution in [3.05, 3.63) is 54.1 Å². The fourth-order valence-electron chi connectivity index (χ4n) is 3.65. The summed E-state index contributed by atoms with van der Waals surface area (Å²) >= 11 is 0. The van der Waals surface area contributed by atoms with Crippen molar-refractivity contribution in [3.63, 3.8) is 0 Å². The number of ether oxygens (including phenoxy) is 3. The first kappa shape index (κ1) is 22.9. The molecule has 7 nitrogen and oxygen atoms in total. The SMILES string of the molecule is CCOc1ccc(CN(C(=O)C(C)Oc2ccccc2OC)C2CCS(=O)(=O)C2)cc1. The van der Waals surface area contributed by atoms with Gasteiger partial charge in [-0.3, -0.25) is 4.79 Å². The lowest BCUT2D eigenvalue weighted by Gasteiger charge is -2.31. The molecule has 2 aromatic rings. The molecule has 1 heterocycles. The molecule has 0 saturated carbocycles. The zero-order valence-corrected chi connectivity index (χ0v) is 18.9. The highest BCUT2D eigenvalue weighted by molar-refractivity contribution is 7.91. The van der Waals surface area contributed by atoms with Crippen molar-refractivity contribution < 1.29 is 27.4 Å². The van der Waals surface area contributed by atoms with Crippen molar-refractivity contribution >= 4 is 15.7 Å². The van der Waals surface area contributed by atoms with Gasteiger partial charge in [0.25, 0.3) is 5.91 Å². The van der Waals surface area contributed by atoms with Gasteiger partial charge < -0.3 is 19.1 Å². The summed E-state index contributed by atoms with van der Waals surface area (Å²) in [6, 6.07) is 14.2. The summed E-state index contributed by atoms with van der Waals surface area (Å²) in [5.41, 5.74) is 0.894. The summed E-state index contributed by atoms with van der Waals surface area (Å²) in [5, 5.41) is 0. The molecule has 0 radical (unpaired) electrons. The van der Waals surface area contributed by atoms with E-state index in [1.807, 2.05) is 37.3 Å². The Bertz CT molecular complexity index is 989. The molecule has 1 aliphatic heterocycles. The molecule has 0 aromatic heterocycles. The van der Waals surface area contributed by atoms with E-state index in [1.54, 1.807) is 30.0 Å². The van der Waals surface area contributed by atoms with E-state index in [0.29, 0.717) is 31.1 Å². The largest absolute Gasteiger partial charge is 0.494 e. The van der Waals surface area contributed by atoms with Crippen LogP contribution in [-0.2, 0) is 21.2 Å². The molecule has 3 rings (SSSR count). The Morgan fingerprint density at radius 2 is 1.81 bits per heavy atom. The van der Waals surface area contributed by atoms with Crippen LogP contribution in [0.4, 0.5) is 0 Å². The monoisotopic (exact) mass is 447 g/mol. The van der Waals surface area contributed by atoms with Gasteiger partial charge in [-0.1, -0.05) is 24.3 Å². The van der Waals surface area contributed by atoms with Crippen LogP contribution in [0.1, 0.15) is 25.8 Å². The van der Waals surface area contributed by atoms with E-state index >= 15 is 0 Å². The van der Waals surface area contributed by atoms with E-state index in [0.717, 1.165) is 11.3 Å². The Labute approximate surface area is 183 Å². The maximum atomic E-state index is 13.4. The molecule has 0 spiro atoms. The van der Waals surface area contributed by atoms with Crippen LogP contribution in [-0.4, -0.2) is 56.6 Å². The average Bonchev–Trinajstić information content (AvgIpc) is 3.12. The van der Waals surface area contributed by atoms with Crippen molar-refractivity contribution in [1.82, 2.24) is 4.90 Å². The second-order valence-corrected chi connectivity index (χ2v) is 9.74. The fourth-order valence-corrected chi connectivity index (χ4v) is 5.38. The zero-order valence-electron chi connectivity index (χ0n) is 18.1. The number of nitrogens with zero attached hydrogens (tertiary/aromatic N) is 1. The van der Waals surface area contributed by atoms with Crippen LogP contribution < -0.4 is 14.2 Å². The summed E-state index contributed by atoms with van der Waals surface area (Å²) in [7, 11) is -1.61. The van der Waals surface area contributed by atoms with E-state index in [4.69, 9.17) is 14.2 Å². The van der Waals surface area contributed by atoms with Gasteiger partial charge in [0.2, 0.25) is 0 Å². The first-order chi connectivity index (χ1) is 14.8. The second-order valence-electron chi connectivity index (χ2n) is 7.51. The van der Waals surface area contributed by atoms with Gasteiger partial charge in [-0.15, -0.1) is 0 Å². The van der Waals surface area contributed by atoms with Gasteiger partial charge in [0.1, 0.15) is 5.75 Å². The first-order valence-corrected chi connectivity index (χ1v) is 12.2. The maximum absolute atomic E-state index is 13.4. The molecular formula is C23H29NO6S. The smallest absolute Gasteiger partial charge is 0.263 e. The third-order valence-corrected chi connectivity index (χ3v) is 6.99. The molecule has 8 heteroatoms. The molecule has 0 aliphatic carbocycles. The summed E-state index contributed by atoms with van der Waals surface area (Å²) < 4.78 is 40.8. The lowest BCUT2D eigenvalue weighted by molar-refractivity contribution is -0.140. The molecule has 1 fully saturated rings. The Hall–Kier alpha value is -2.74. The molecular weight excluding hydrogens is 418 g/mol. The number of hydrogen-bond acceptors (Lipinski definition) is 6. The molecule has 2 unspecified atom stereocenters. The van der Waals surface area contributed by atoms with Crippen LogP contribution >= 0.6 is 0 Å². The minimum atomic E-state index is -3.15. The predicted molar refractivity (Wildman–Crippen MR) is 118 cm³/mol. The number of amides is 1. The number of rotatable bonds is 9. The highest BCUT2D eigenvalue weighted by Crippen LogP contribution is 2.28. The molecule has 1 amide bonds. The Balaban J connectivity index is 1.80. The number of para-hydroxylation sites is 2. The molecule has 2 atom stereocenters. The van der Waals surface area contributed by atoms with Crippen LogP contribution in [0.15, 0.2) is 48.5 Å². The van der Waals surface area contributed by atoms with Gasteiger partial charge in [-0.25, -0.2) is 8.42 Å². The molecule has 1 aliphatic rings. The highest BCUT2D eigenvalue weighted by atomic mass is 32.2. The van der Waals surface area contributed by atoms with Gasteiger partial charge in [-0.05, 0) is 50.1 Å². The number of benzene rings is 2. The summed E-state index contributed by atoms with van der Waals surface area (Å²) in [4.78, 5) is 15.0. The summed E-state index contributed by atoms with van der Waals surface area (Å²) in [5.74, 6) is 1.54. The van der Waals surface area contributed by atoms with Gasteiger partial charge in [-0.2, -0.15) is 0 Å². The highest BCUT2D eigenvalue weighted by Gasteiger charge is 2.36. The number of carbonyl (C=O) groups is 1. The minimum Gasteiger partial charge on any atom is -0.494 e. The first-order valence-electron chi connectivity index (χ1n) is 10.3. The van der Waals surface area contributed by atoms with E-state index in [-0.39, 0.29) is 23.5 Å². The van der Waals surface area contributed by atoms with E-state index in [2.05, 4.69) is 0 Å². The molecule has 168 valence electrons. The summed E-state index contributed by atoms with van der Waals surface area (Å²) in [6.07, 6.45) is -0.380. The Kier molecular flexibility index (Phi) is 7.43. The predicted octanol–water partition coefficient (Wildman–Crippen LogP) is 3.08. The van der Waals surface area contributed by atoms with Crippen LogP contribution in [0, 0.1) is 0 Å². The van der Waals surface area contributed by atoms with Crippen molar-refractivity contribution in [2.75, 3.05) is 25.2 Å². The van der Waals surface area contributed by atoms with E-state index in [1.165, 1.54) is 7.11 Å². The van der Waals surface area contributed by atoms with Crippen molar-refractivity contribution in [2.45, 2.75) is 39.0 Å². The molecule has 31 heavy (non-hydrogen) atoms. The van der Waals surface area contributed by atoms with Gasteiger partial charge in [0, 0.05) is 12.6 Å². The minimum absolute atomic E-state index is 0.0306. The number of methoxy groups -OCH3 is 1. The van der Waals surface area contributed by atoms with E-state index < -0.39 is 15.9 Å². The summed E-state index contributed by atoms with van der Waals surface area (Å²) in [6.45, 7) is 4.45. The molecule has 2 aromatic carbocycles. The van der Waals surface area contributed by atoms with Gasteiger partial charge in [0.05, 0.1) is 25.2 Å². The third kappa shape index (κ3) is 5.91. The lowest BCUT2D eigenvalue weighted by atomic mass is 10.1. The van der Waals surface area contributed by atoms with Crippen LogP contribution in [0.5, 0.6) is 17.2 Å². The average molecular weight is 448 g/mol. The maximum Gasteiger partial charge on any atom is 0.263 e. The van der Waals surface area contributed by atoms with Crippen molar-refractivity contribution in [2.24, 2.45) is 0 Å². The number of carbonyl (C=O) groups excluding carboxylic acids is 1. The Morgan fingerprint density at radius 1 is 1.13 bits per heavy atom. The molecule has 0 N–H and O–H groups in total. The van der Waals surface area contributed by atoms with Crippen LogP contribution in [0.25, 0.3) is 0 Å². The van der Waals surface area contributed by atoms with E-state index in [9.17, 15) is 13.2 Å². The van der Waals surface area contributed by atoms with Gasteiger partial charge >= 0.3 is 0 Å². The standard InChI is InChI=1S/C23H29NO6S/c1-4-29-20-11-9-18(10-12-20)15-24(19-13-14-31(26,27)16-19)23(25)17(2)30-22-8-6-5-7-21(22)28-3/h5-12,17,19H,4,13-16H2,1-3H3. The van der Waals surface area contributed by atoms with Crippen LogP contribution in [0.3, 0.4) is 0 Å². The second kappa shape index (κ2) is 10.0. The Morgan fingerprint density at radius 3 is 2.39 bits per heavy atom. The topological polar surface area (TPSA) is 82.1 Å². The quantitative estimate of drug-likeness (QED) is 0.588. The fraction of sp³-hybridized carbons (Fsp3) is 0.435. The van der Waals surface area contributed by atoms with Crippen molar-refractivity contribution in [1.29, 1.82) is 0 Å². The van der Waals surface area contributed by atoms with Crippen molar-refractivity contribution in [3.8, 4) is 17.2 Å². The van der Waals surface area contributed by atoms with Crippen LogP contribution in [0.2, 0.25) is 0 Å². The number of sulfone groups is 1. The zero-order chi connectivity index (χ0) is 22.4. The third-order valence-electron chi connectivity index (χ3n) is 5.24.